The molecule has 0 unspecified atom stereocenters. The fourth-order valence-corrected chi connectivity index (χ4v) is 3.59. The third-order valence-corrected chi connectivity index (χ3v) is 5.33. The van der Waals surface area contributed by atoms with E-state index in [-0.39, 0.29) is 29.8 Å². The Hall–Kier alpha value is -2.07. The molecule has 170 valence electrons. The first-order valence-electron chi connectivity index (χ1n) is 10.5. The first-order valence-corrected chi connectivity index (χ1v) is 10.5. The molecule has 1 fully saturated rings. The van der Waals surface area contributed by atoms with Gasteiger partial charge >= 0.3 is 0 Å². The van der Waals surface area contributed by atoms with Crippen LogP contribution >= 0.6 is 24.0 Å². The minimum absolute atomic E-state index is 0. The van der Waals surface area contributed by atoms with Crippen molar-refractivity contribution in [3.05, 3.63) is 59.9 Å². The van der Waals surface area contributed by atoms with E-state index >= 15 is 0 Å². The van der Waals surface area contributed by atoms with Gasteiger partial charge in [0.1, 0.15) is 11.6 Å². The zero-order chi connectivity index (χ0) is 21.2. The van der Waals surface area contributed by atoms with E-state index in [0.29, 0.717) is 6.54 Å². The molecular weight excluding hydrogens is 508 g/mol. The molecule has 2 N–H and O–H groups in total. The lowest BCUT2D eigenvalue weighted by Gasteiger charge is -2.36. The zero-order valence-corrected chi connectivity index (χ0v) is 20.6. The maximum atomic E-state index is 13.3. The predicted molar refractivity (Wildman–Crippen MR) is 136 cm³/mol. The van der Waals surface area contributed by atoms with Gasteiger partial charge < -0.3 is 20.3 Å². The minimum Gasteiger partial charge on any atom is -0.497 e. The summed E-state index contributed by atoms with van der Waals surface area (Å²) in [5.74, 6) is 1.42. The van der Waals surface area contributed by atoms with Gasteiger partial charge in [0.05, 0.1) is 7.11 Å². The third kappa shape index (κ3) is 8.17. The average Bonchev–Trinajstić information content (AvgIpc) is 2.79. The molecule has 1 saturated heterocycles. The third-order valence-electron chi connectivity index (χ3n) is 5.33. The van der Waals surface area contributed by atoms with E-state index in [1.807, 2.05) is 18.2 Å². The van der Waals surface area contributed by atoms with Crippen LogP contribution in [0.4, 0.5) is 10.1 Å². The van der Waals surface area contributed by atoms with Gasteiger partial charge in [0, 0.05) is 52.0 Å². The van der Waals surface area contributed by atoms with Crippen molar-refractivity contribution in [1.29, 1.82) is 0 Å². The maximum Gasteiger partial charge on any atom is 0.191 e. The fourth-order valence-electron chi connectivity index (χ4n) is 3.59. The lowest BCUT2D eigenvalue weighted by atomic mass is 10.2. The summed E-state index contributed by atoms with van der Waals surface area (Å²) < 4.78 is 18.5. The van der Waals surface area contributed by atoms with Crippen molar-refractivity contribution in [3.63, 3.8) is 0 Å². The lowest BCUT2D eigenvalue weighted by molar-refractivity contribution is 0.255. The number of methoxy groups -OCH3 is 1. The molecule has 0 aromatic heterocycles. The van der Waals surface area contributed by atoms with E-state index in [1.54, 1.807) is 20.2 Å². The molecule has 0 spiro atoms. The number of hydrogen-bond acceptors (Lipinski definition) is 4. The number of guanidine groups is 1. The maximum absolute atomic E-state index is 13.3. The highest BCUT2D eigenvalue weighted by molar-refractivity contribution is 14.0. The SMILES string of the molecule is CN=C(NCCCN1CCN(c2ccc(OC)cc2)CC1)NCc1cccc(F)c1.I. The second kappa shape index (κ2) is 13.4. The molecular formula is C23H33FIN5O. The molecule has 1 heterocycles. The highest BCUT2D eigenvalue weighted by Gasteiger charge is 2.16. The number of benzene rings is 2. The Morgan fingerprint density at radius 2 is 1.81 bits per heavy atom. The predicted octanol–water partition coefficient (Wildman–Crippen LogP) is 3.33. The molecule has 2 aromatic carbocycles. The van der Waals surface area contributed by atoms with Crippen molar-refractivity contribution in [2.75, 3.05) is 58.3 Å². The summed E-state index contributed by atoms with van der Waals surface area (Å²) >= 11 is 0. The lowest BCUT2D eigenvalue weighted by Crippen LogP contribution is -2.47. The standard InChI is InChI=1S/C23H32FN5O.HI/c1-25-23(27-18-19-5-3-6-20(24)17-19)26-11-4-12-28-13-15-29(16-14-28)21-7-9-22(30-2)10-8-21;/h3,5-10,17H,4,11-16,18H2,1-2H3,(H2,25,26,27);1H. The van der Waals surface area contributed by atoms with Crippen molar-refractivity contribution in [1.82, 2.24) is 15.5 Å². The summed E-state index contributed by atoms with van der Waals surface area (Å²) in [4.78, 5) is 9.16. The monoisotopic (exact) mass is 541 g/mol. The Bertz CT molecular complexity index is 810. The molecule has 8 heteroatoms. The normalized spacial score (nSPS) is 14.7. The Morgan fingerprint density at radius 1 is 1.06 bits per heavy atom. The number of piperazine rings is 1. The van der Waals surface area contributed by atoms with Crippen LogP contribution in [0.2, 0.25) is 0 Å². The largest absolute Gasteiger partial charge is 0.497 e. The number of ether oxygens (including phenoxy) is 1. The number of halogens is 2. The zero-order valence-electron chi connectivity index (χ0n) is 18.3. The van der Waals surface area contributed by atoms with Gasteiger partial charge in [0.2, 0.25) is 0 Å². The van der Waals surface area contributed by atoms with Gasteiger partial charge in [-0.1, -0.05) is 12.1 Å². The van der Waals surface area contributed by atoms with E-state index in [2.05, 4.69) is 37.6 Å². The molecule has 2 aromatic rings. The van der Waals surface area contributed by atoms with Crippen LogP contribution in [-0.4, -0.2) is 64.3 Å². The molecule has 6 nitrogen and oxygen atoms in total. The smallest absolute Gasteiger partial charge is 0.191 e. The van der Waals surface area contributed by atoms with Crippen molar-refractivity contribution in [2.45, 2.75) is 13.0 Å². The van der Waals surface area contributed by atoms with E-state index in [9.17, 15) is 4.39 Å². The van der Waals surface area contributed by atoms with Gasteiger partial charge in [-0.2, -0.15) is 0 Å². The molecule has 0 amide bonds. The van der Waals surface area contributed by atoms with Gasteiger partial charge in [-0.25, -0.2) is 4.39 Å². The van der Waals surface area contributed by atoms with Crippen LogP contribution in [0.25, 0.3) is 0 Å². The first-order chi connectivity index (χ1) is 14.7. The van der Waals surface area contributed by atoms with E-state index in [1.165, 1.54) is 17.8 Å². The Labute approximate surface area is 201 Å². The summed E-state index contributed by atoms with van der Waals surface area (Å²) in [6, 6.07) is 14.9. The van der Waals surface area contributed by atoms with Gasteiger partial charge in [0.25, 0.3) is 0 Å². The van der Waals surface area contributed by atoms with Gasteiger partial charge in [-0.15, -0.1) is 24.0 Å². The van der Waals surface area contributed by atoms with E-state index < -0.39 is 0 Å². The minimum atomic E-state index is -0.218. The van der Waals surface area contributed by atoms with Crippen LogP contribution in [0.3, 0.4) is 0 Å². The number of hydrogen-bond donors (Lipinski definition) is 2. The summed E-state index contributed by atoms with van der Waals surface area (Å²) in [5.41, 5.74) is 2.15. The highest BCUT2D eigenvalue weighted by atomic mass is 127. The van der Waals surface area contributed by atoms with Gasteiger partial charge in [0.15, 0.2) is 5.96 Å². The van der Waals surface area contributed by atoms with Crippen LogP contribution in [0.5, 0.6) is 5.75 Å². The van der Waals surface area contributed by atoms with Crippen molar-refractivity contribution in [2.24, 2.45) is 4.99 Å². The quantitative estimate of drug-likeness (QED) is 0.233. The number of rotatable bonds is 8. The molecule has 0 bridgehead atoms. The number of aliphatic imine (C=N–C) groups is 1. The number of nitrogens with one attached hydrogen (secondary N) is 2. The average molecular weight is 541 g/mol. The summed E-state index contributed by atoms with van der Waals surface area (Å²) in [7, 11) is 3.44. The van der Waals surface area contributed by atoms with Gasteiger partial charge in [-0.3, -0.25) is 9.89 Å². The molecule has 0 aliphatic carbocycles. The number of anilines is 1. The van der Waals surface area contributed by atoms with Gasteiger partial charge in [-0.05, 0) is 54.9 Å². The Morgan fingerprint density at radius 3 is 2.45 bits per heavy atom. The Kier molecular flexibility index (Phi) is 10.9. The summed E-state index contributed by atoms with van der Waals surface area (Å²) in [5, 5.41) is 6.56. The summed E-state index contributed by atoms with van der Waals surface area (Å²) in [6.45, 7) is 6.67. The second-order valence-corrected chi connectivity index (χ2v) is 7.36. The molecule has 0 atom stereocenters. The van der Waals surface area contributed by atoms with Crippen LogP contribution < -0.4 is 20.3 Å². The summed E-state index contributed by atoms with van der Waals surface area (Å²) in [6.07, 6.45) is 1.04. The molecule has 1 aliphatic heterocycles. The van der Waals surface area contributed by atoms with Crippen LogP contribution in [-0.2, 0) is 6.54 Å². The number of nitrogens with zero attached hydrogens (tertiary/aromatic N) is 3. The highest BCUT2D eigenvalue weighted by Crippen LogP contribution is 2.20. The van der Waals surface area contributed by atoms with E-state index in [0.717, 1.165) is 63.0 Å². The van der Waals surface area contributed by atoms with Crippen LogP contribution in [0, 0.1) is 5.82 Å². The first kappa shape index (κ1) is 25.2. The molecule has 0 radical (unpaired) electrons. The second-order valence-electron chi connectivity index (χ2n) is 7.36. The van der Waals surface area contributed by atoms with Crippen molar-refractivity contribution >= 4 is 35.6 Å². The Balaban J connectivity index is 0.00000341. The van der Waals surface area contributed by atoms with Crippen molar-refractivity contribution < 1.29 is 9.13 Å². The molecule has 31 heavy (non-hydrogen) atoms. The van der Waals surface area contributed by atoms with Crippen LogP contribution in [0.1, 0.15) is 12.0 Å². The molecule has 0 saturated carbocycles. The van der Waals surface area contributed by atoms with Crippen molar-refractivity contribution in [3.8, 4) is 5.75 Å². The fraction of sp³-hybridized carbons (Fsp3) is 0.435. The van der Waals surface area contributed by atoms with E-state index in [4.69, 9.17) is 4.74 Å². The molecule has 3 rings (SSSR count). The van der Waals surface area contributed by atoms with Crippen LogP contribution in [0.15, 0.2) is 53.5 Å². The topological polar surface area (TPSA) is 52.1 Å². The molecule has 1 aliphatic rings.